The molecule has 2 aliphatic rings. The molecule has 0 bridgehead atoms. The van der Waals surface area contributed by atoms with Crippen molar-refractivity contribution in [2.75, 3.05) is 28.2 Å². The second-order valence-corrected chi connectivity index (χ2v) is 11.3. The van der Waals surface area contributed by atoms with Gasteiger partial charge < -0.3 is 9.80 Å². The van der Waals surface area contributed by atoms with Crippen molar-refractivity contribution in [3.63, 3.8) is 0 Å². The maximum Gasteiger partial charge on any atom is 0.285 e. The summed E-state index contributed by atoms with van der Waals surface area (Å²) in [6.07, 6.45) is 6.48. The van der Waals surface area contributed by atoms with E-state index < -0.39 is 0 Å². The third-order valence-electron chi connectivity index (χ3n) is 6.49. The van der Waals surface area contributed by atoms with Crippen LogP contribution in [-0.4, -0.2) is 53.7 Å². The number of aryl methyl sites for hydroxylation is 2. The van der Waals surface area contributed by atoms with Crippen LogP contribution in [0.25, 0.3) is 0 Å². The first-order chi connectivity index (χ1) is 15.4. The van der Waals surface area contributed by atoms with Crippen LogP contribution in [0.3, 0.4) is 0 Å². The van der Waals surface area contributed by atoms with Gasteiger partial charge in [0, 0.05) is 44.3 Å². The van der Waals surface area contributed by atoms with Gasteiger partial charge in [-0.1, -0.05) is 42.1 Å². The van der Waals surface area contributed by atoms with E-state index >= 15 is 0 Å². The van der Waals surface area contributed by atoms with E-state index in [-0.39, 0.29) is 21.6 Å². The fourth-order valence-corrected chi connectivity index (χ4v) is 6.87. The quantitative estimate of drug-likeness (QED) is 0.503. The van der Waals surface area contributed by atoms with Crippen LogP contribution in [0.5, 0.6) is 0 Å². The van der Waals surface area contributed by atoms with E-state index in [1.807, 2.05) is 14.1 Å². The zero-order chi connectivity index (χ0) is 22.8. The SMILES string of the molecule is CN(C)C(=O)Sc1ccc2c(c1[C@H]1c3ccccc3CCC1SC(=O)N(C)C)CCCC2. The Morgan fingerprint density at radius 2 is 1.56 bits per heavy atom. The molecule has 0 aliphatic heterocycles. The molecule has 0 N–H and O–H groups in total. The van der Waals surface area contributed by atoms with Crippen molar-refractivity contribution < 1.29 is 9.59 Å². The summed E-state index contributed by atoms with van der Waals surface area (Å²) >= 11 is 2.79. The summed E-state index contributed by atoms with van der Waals surface area (Å²) in [5, 5.41) is 0.296. The highest BCUT2D eigenvalue weighted by Crippen LogP contribution is 2.48. The van der Waals surface area contributed by atoms with E-state index in [4.69, 9.17) is 0 Å². The van der Waals surface area contributed by atoms with Crippen molar-refractivity contribution in [2.24, 2.45) is 0 Å². The molecular formula is C26H32N2O2S2. The Bertz CT molecular complexity index is 1020. The molecule has 0 aromatic heterocycles. The lowest BCUT2D eigenvalue weighted by atomic mass is 9.74. The van der Waals surface area contributed by atoms with Crippen molar-refractivity contribution in [3.8, 4) is 0 Å². The standard InChI is InChI=1S/C26H32N2O2S2/c1-27(2)25(29)31-21-15-13-17-9-5-7-11-19(17)23(21)24-20-12-8-6-10-18(20)14-16-22(24)32-26(30)28(3)4/h5,7,9,11,14,16,21,23H,6,8,10,12-13,15H2,1-4H3/t21?,23-/m0/s1. The fraction of sp³-hybridized carbons (Fsp3) is 0.462. The lowest BCUT2D eigenvalue weighted by Crippen LogP contribution is -2.30. The smallest absolute Gasteiger partial charge is 0.285 e. The Hall–Kier alpha value is -1.92. The average molecular weight is 469 g/mol. The first kappa shape index (κ1) is 23.2. The molecule has 32 heavy (non-hydrogen) atoms. The van der Waals surface area contributed by atoms with Crippen LogP contribution in [0.15, 0.2) is 41.3 Å². The summed E-state index contributed by atoms with van der Waals surface area (Å²) in [5.74, 6) is 0.111. The van der Waals surface area contributed by atoms with Crippen molar-refractivity contribution >= 4 is 34.0 Å². The van der Waals surface area contributed by atoms with E-state index in [1.54, 1.807) is 23.9 Å². The van der Waals surface area contributed by atoms with Crippen molar-refractivity contribution in [2.45, 2.75) is 54.6 Å². The zero-order valence-electron chi connectivity index (χ0n) is 19.4. The maximum absolute atomic E-state index is 12.8. The lowest BCUT2D eigenvalue weighted by Gasteiger charge is -2.37. The number of rotatable bonds is 3. The maximum atomic E-state index is 12.8. The molecule has 6 heteroatoms. The Balaban J connectivity index is 1.88. The Labute approximate surface area is 200 Å². The fourth-order valence-electron chi connectivity index (χ4n) is 4.88. The summed E-state index contributed by atoms with van der Waals surface area (Å²) < 4.78 is 0. The van der Waals surface area contributed by atoms with Gasteiger partial charge in [-0.15, -0.1) is 0 Å². The number of carbonyl (C=O) groups is 2. The minimum atomic E-state index is 0.0414. The van der Waals surface area contributed by atoms with Gasteiger partial charge in [0.1, 0.15) is 0 Å². The molecular weight excluding hydrogens is 436 g/mol. The third-order valence-corrected chi connectivity index (χ3v) is 8.98. The van der Waals surface area contributed by atoms with Gasteiger partial charge >= 0.3 is 0 Å². The van der Waals surface area contributed by atoms with E-state index in [9.17, 15) is 9.59 Å². The molecule has 0 saturated heterocycles. The zero-order valence-corrected chi connectivity index (χ0v) is 21.0. The van der Waals surface area contributed by atoms with Crippen LogP contribution in [0.2, 0.25) is 0 Å². The molecule has 2 atom stereocenters. The third kappa shape index (κ3) is 4.72. The molecule has 4 nitrogen and oxygen atoms in total. The molecule has 0 fully saturated rings. The van der Waals surface area contributed by atoms with Gasteiger partial charge in [-0.25, -0.2) is 0 Å². The number of hydrogen-bond donors (Lipinski definition) is 0. The molecule has 4 rings (SSSR count). The van der Waals surface area contributed by atoms with Gasteiger partial charge in [0.2, 0.25) is 0 Å². The molecule has 2 aromatic carbocycles. The minimum absolute atomic E-state index is 0.0414. The van der Waals surface area contributed by atoms with Gasteiger partial charge in [-0.2, -0.15) is 0 Å². The number of fused-ring (bicyclic) bond motifs is 2. The summed E-state index contributed by atoms with van der Waals surface area (Å²) in [4.78, 5) is 29.9. The van der Waals surface area contributed by atoms with Crippen molar-refractivity contribution in [1.82, 2.24) is 9.80 Å². The van der Waals surface area contributed by atoms with Crippen molar-refractivity contribution in [1.29, 1.82) is 0 Å². The molecule has 0 heterocycles. The lowest BCUT2D eigenvalue weighted by molar-refractivity contribution is 0.240. The largest absolute Gasteiger partial charge is 0.340 e. The minimum Gasteiger partial charge on any atom is -0.340 e. The number of carbonyl (C=O) groups excluding carboxylic acids is 2. The highest BCUT2D eigenvalue weighted by atomic mass is 32.2. The summed E-state index contributed by atoms with van der Waals surface area (Å²) in [5.41, 5.74) is 6.81. The number of nitrogens with zero attached hydrogens (tertiary/aromatic N) is 2. The molecule has 2 aromatic rings. The van der Waals surface area contributed by atoms with Gasteiger partial charge in [-0.3, -0.25) is 9.59 Å². The number of benzene rings is 2. The molecule has 0 spiro atoms. The Morgan fingerprint density at radius 1 is 0.844 bits per heavy atom. The predicted molar refractivity (Wildman–Crippen MR) is 135 cm³/mol. The van der Waals surface area contributed by atoms with Crippen LogP contribution < -0.4 is 0 Å². The van der Waals surface area contributed by atoms with Crippen LogP contribution in [0.1, 0.15) is 53.0 Å². The average Bonchev–Trinajstić information content (AvgIpc) is 2.79. The van der Waals surface area contributed by atoms with Gasteiger partial charge in [0.25, 0.3) is 10.5 Å². The molecule has 1 unspecified atom stereocenters. The molecule has 2 amide bonds. The van der Waals surface area contributed by atoms with Crippen molar-refractivity contribution in [3.05, 3.63) is 64.2 Å². The molecule has 0 saturated carbocycles. The summed E-state index contributed by atoms with van der Waals surface area (Å²) in [6.45, 7) is 0. The number of hydrogen-bond acceptors (Lipinski definition) is 4. The summed E-state index contributed by atoms with van der Waals surface area (Å²) in [7, 11) is 7.25. The van der Waals surface area contributed by atoms with Crippen LogP contribution in [-0.2, 0) is 19.3 Å². The van der Waals surface area contributed by atoms with Crippen LogP contribution >= 0.6 is 23.5 Å². The number of thioether (sulfide) groups is 2. The van der Waals surface area contributed by atoms with Gasteiger partial charge in [0.15, 0.2) is 0 Å². The topological polar surface area (TPSA) is 40.6 Å². The second-order valence-electron chi connectivity index (χ2n) is 9.12. The number of amides is 2. The van der Waals surface area contributed by atoms with E-state index in [2.05, 4.69) is 36.4 Å². The van der Waals surface area contributed by atoms with Crippen LogP contribution in [0.4, 0.5) is 9.59 Å². The second kappa shape index (κ2) is 9.92. The Morgan fingerprint density at radius 3 is 2.31 bits per heavy atom. The molecule has 2 aliphatic carbocycles. The highest BCUT2D eigenvalue weighted by molar-refractivity contribution is 8.14. The Kier molecular flexibility index (Phi) is 7.21. The van der Waals surface area contributed by atoms with E-state index in [0.29, 0.717) is 0 Å². The molecule has 0 radical (unpaired) electrons. The normalized spacial score (nSPS) is 19.6. The summed E-state index contributed by atoms with van der Waals surface area (Å²) in [6, 6.07) is 13.1. The van der Waals surface area contributed by atoms with Crippen LogP contribution in [0, 0.1) is 0 Å². The highest BCUT2D eigenvalue weighted by Gasteiger charge is 2.37. The van der Waals surface area contributed by atoms with Gasteiger partial charge in [-0.05, 0) is 84.2 Å². The molecule has 170 valence electrons. The monoisotopic (exact) mass is 468 g/mol. The first-order valence-electron chi connectivity index (χ1n) is 11.4. The van der Waals surface area contributed by atoms with E-state index in [1.165, 1.54) is 64.2 Å². The predicted octanol–water partition coefficient (Wildman–Crippen LogP) is 6.20. The first-order valence-corrected chi connectivity index (χ1v) is 13.1. The van der Waals surface area contributed by atoms with E-state index in [0.717, 1.165) is 30.6 Å². The van der Waals surface area contributed by atoms with Gasteiger partial charge in [0.05, 0.1) is 0 Å².